The highest BCUT2D eigenvalue weighted by Gasteiger charge is 2.21. The van der Waals surface area contributed by atoms with Crippen LogP contribution in [0.1, 0.15) is 27.0 Å². The molecule has 1 aromatic heterocycles. The Morgan fingerprint density at radius 3 is 2.16 bits per heavy atom. The lowest BCUT2D eigenvalue weighted by Gasteiger charge is -2.15. The first kappa shape index (κ1) is 26.8. The van der Waals surface area contributed by atoms with Crippen LogP contribution in [0.4, 0.5) is 17.1 Å². The van der Waals surface area contributed by atoms with Crippen molar-refractivity contribution in [1.29, 1.82) is 0 Å². The number of nitrogens with zero attached hydrogens (tertiary/aromatic N) is 1. The van der Waals surface area contributed by atoms with Gasteiger partial charge in [-0.1, -0.05) is 18.2 Å². The van der Waals surface area contributed by atoms with Crippen LogP contribution in [0.2, 0.25) is 0 Å². The molecule has 0 saturated heterocycles. The number of benzene rings is 3. The van der Waals surface area contributed by atoms with Crippen LogP contribution in [0.3, 0.4) is 0 Å². The van der Waals surface area contributed by atoms with Crippen molar-refractivity contribution in [3.8, 4) is 0 Å². The van der Waals surface area contributed by atoms with E-state index in [-0.39, 0.29) is 15.4 Å². The maximum Gasteiger partial charge on any atom is 0.262 e. The van der Waals surface area contributed by atoms with Crippen molar-refractivity contribution in [2.45, 2.75) is 30.6 Å². The van der Waals surface area contributed by atoms with Gasteiger partial charge in [-0.2, -0.15) is 0 Å². The van der Waals surface area contributed by atoms with Crippen LogP contribution in [-0.4, -0.2) is 27.7 Å². The van der Waals surface area contributed by atoms with Gasteiger partial charge in [0, 0.05) is 17.4 Å². The first-order valence-corrected chi connectivity index (χ1v) is 14.5. The SMILES string of the molecule is Cc1ccc(C(=O)Nc2ccc(S(=O)(=O)Nc3cccnc3)cc2)cc1S(=O)(=O)Nc1cccc(C)c1C. The van der Waals surface area contributed by atoms with Crippen molar-refractivity contribution in [2.24, 2.45) is 0 Å². The van der Waals surface area contributed by atoms with Crippen molar-refractivity contribution in [3.05, 3.63) is 107 Å². The average molecular weight is 551 g/mol. The quantitative estimate of drug-likeness (QED) is 0.287. The number of anilines is 3. The molecule has 0 atom stereocenters. The van der Waals surface area contributed by atoms with Gasteiger partial charge in [0.05, 0.1) is 27.4 Å². The molecule has 0 aliphatic carbocycles. The second kappa shape index (κ2) is 10.6. The topological polar surface area (TPSA) is 134 Å². The summed E-state index contributed by atoms with van der Waals surface area (Å²) in [5.41, 5.74) is 3.50. The van der Waals surface area contributed by atoms with Crippen molar-refractivity contribution >= 4 is 43.0 Å². The third-order valence-corrected chi connectivity index (χ3v) is 8.83. The molecule has 0 radical (unpaired) electrons. The van der Waals surface area contributed by atoms with Gasteiger partial charge in [0.2, 0.25) is 0 Å². The number of rotatable bonds is 8. The molecule has 1 amide bonds. The van der Waals surface area contributed by atoms with E-state index in [1.54, 1.807) is 37.3 Å². The molecule has 4 rings (SSSR count). The molecule has 3 N–H and O–H groups in total. The van der Waals surface area contributed by atoms with E-state index in [9.17, 15) is 21.6 Å². The molecular weight excluding hydrogens is 524 g/mol. The molecule has 196 valence electrons. The third-order valence-electron chi connectivity index (χ3n) is 5.93. The molecule has 0 aliphatic rings. The van der Waals surface area contributed by atoms with E-state index in [1.807, 2.05) is 19.9 Å². The van der Waals surface area contributed by atoms with Gasteiger partial charge in [-0.05, 0) is 92.1 Å². The van der Waals surface area contributed by atoms with Crippen LogP contribution in [0, 0.1) is 20.8 Å². The van der Waals surface area contributed by atoms with E-state index >= 15 is 0 Å². The number of pyridine rings is 1. The molecular formula is C27H26N4O5S2. The number of aromatic nitrogens is 1. The molecule has 0 aliphatic heterocycles. The normalized spacial score (nSPS) is 11.6. The molecule has 0 fully saturated rings. The van der Waals surface area contributed by atoms with Gasteiger partial charge in [-0.25, -0.2) is 16.8 Å². The number of hydrogen-bond donors (Lipinski definition) is 3. The Labute approximate surface area is 222 Å². The summed E-state index contributed by atoms with van der Waals surface area (Å²) < 4.78 is 56.6. The number of sulfonamides is 2. The van der Waals surface area contributed by atoms with Gasteiger partial charge in [0.1, 0.15) is 0 Å². The molecule has 1 heterocycles. The average Bonchev–Trinajstić information content (AvgIpc) is 2.87. The minimum atomic E-state index is -3.97. The standard InChI is InChI=1S/C27H26N4O5S2/c1-18-6-4-8-25(20(18)3)31-38(35,36)26-16-21(10-9-19(26)2)27(32)29-22-11-13-24(14-12-22)37(33,34)30-23-7-5-15-28-17-23/h4-17,30-31H,1-3H3,(H,29,32). The number of carbonyl (C=O) groups is 1. The molecule has 0 bridgehead atoms. The first-order chi connectivity index (χ1) is 18.0. The van der Waals surface area contributed by atoms with E-state index in [1.165, 1.54) is 48.8 Å². The Hall–Kier alpha value is -4.22. The van der Waals surface area contributed by atoms with Gasteiger partial charge in [-0.3, -0.25) is 19.2 Å². The Morgan fingerprint density at radius 1 is 0.737 bits per heavy atom. The Balaban J connectivity index is 1.51. The molecule has 11 heteroatoms. The number of nitrogens with one attached hydrogen (secondary N) is 3. The van der Waals surface area contributed by atoms with Gasteiger partial charge < -0.3 is 5.32 Å². The monoisotopic (exact) mass is 550 g/mol. The molecule has 4 aromatic rings. The molecule has 0 saturated carbocycles. The Kier molecular flexibility index (Phi) is 7.51. The lowest BCUT2D eigenvalue weighted by Crippen LogP contribution is -2.18. The smallest absolute Gasteiger partial charge is 0.262 e. The summed E-state index contributed by atoms with van der Waals surface area (Å²) >= 11 is 0. The third kappa shape index (κ3) is 6.01. The van der Waals surface area contributed by atoms with Gasteiger partial charge in [0.25, 0.3) is 26.0 Å². The van der Waals surface area contributed by atoms with Gasteiger partial charge >= 0.3 is 0 Å². The van der Waals surface area contributed by atoms with Crippen molar-refractivity contribution < 1.29 is 21.6 Å². The number of carbonyl (C=O) groups excluding carboxylic acids is 1. The van der Waals surface area contributed by atoms with Gasteiger partial charge in [-0.15, -0.1) is 0 Å². The lowest BCUT2D eigenvalue weighted by molar-refractivity contribution is 0.102. The zero-order valence-corrected chi connectivity index (χ0v) is 22.5. The van der Waals surface area contributed by atoms with Gasteiger partial charge in [0.15, 0.2) is 0 Å². The summed E-state index contributed by atoms with van der Waals surface area (Å²) in [5.74, 6) is -0.544. The van der Waals surface area contributed by atoms with Crippen LogP contribution in [0.25, 0.3) is 0 Å². The fourth-order valence-electron chi connectivity index (χ4n) is 3.65. The molecule has 0 unspecified atom stereocenters. The van der Waals surface area contributed by atoms with Crippen LogP contribution in [0.15, 0.2) is 95.0 Å². The molecule has 38 heavy (non-hydrogen) atoms. The fraction of sp³-hybridized carbons (Fsp3) is 0.111. The summed E-state index contributed by atoms with van der Waals surface area (Å²) in [6.07, 6.45) is 2.92. The van der Waals surface area contributed by atoms with E-state index in [2.05, 4.69) is 19.7 Å². The largest absolute Gasteiger partial charge is 0.322 e. The maximum atomic E-state index is 13.2. The first-order valence-electron chi connectivity index (χ1n) is 11.5. The van der Waals surface area contributed by atoms with Crippen molar-refractivity contribution in [1.82, 2.24) is 4.98 Å². The highest BCUT2D eigenvalue weighted by atomic mass is 32.2. The summed E-state index contributed by atoms with van der Waals surface area (Å²) in [5, 5.41) is 2.67. The van der Waals surface area contributed by atoms with Crippen molar-refractivity contribution in [3.63, 3.8) is 0 Å². The number of aryl methyl sites for hydroxylation is 2. The Morgan fingerprint density at radius 2 is 1.47 bits per heavy atom. The minimum absolute atomic E-state index is 0.000541. The number of hydrogen-bond acceptors (Lipinski definition) is 6. The number of amides is 1. The Bertz CT molecular complexity index is 1700. The van der Waals surface area contributed by atoms with Crippen LogP contribution in [0.5, 0.6) is 0 Å². The fourth-order valence-corrected chi connectivity index (χ4v) is 6.09. The summed E-state index contributed by atoms with van der Waals surface area (Å²) in [7, 11) is -7.81. The second-order valence-corrected chi connectivity index (χ2v) is 12.0. The van der Waals surface area contributed by atoms with E-state index in [4.69, 9.17) is 0 Å². The minimum Gasteiger partial charge on any atom is -0.322 e. The van der Waals surface area contributed by atoms with E-state index < -0.39 is 26.0 Å². The second-order valence-electron chi connectivity index (χ2n) is 8.66. The van der Waals surface area contributed by atoms with Crippen LogP contribution in [-0.2, 0) is 20.0 Å². The maximum absolute atomic E-state index is 13.2. The predicted octanol–water partition coefficient (Wildman–Crippen LogP) is 4.86. The highest BCUT2D eigenvalue weighted by molar-refractivity contribution is 7.93. The van der Waals surface area contributed by atoms with Crippen LogP contribution >= 0.6 is 0 Å². The van der Waals surface area contributed by atoms with Crippen molar-refractivity contribution in [2.75, 3.05) is 14.8 Å². The van der Waals surface area contributed by atoms with E-state index in [0.29, 0.717) is 22.6 Å². The predicted molar refractivity (Wildman–Crippen MR) is 147 cm³/mol. The highest BCUT2D eigenvalue weighted by Crippen LogP contribution is 2.25. The molecule has 9 nitrogen and oxygen atoms in total. The summed E-state index contributed by atoms with van der Waals surface area (Å²) in [4.78, 5) is 16.8. The molecule has 3 aromatic carbocycles. The molecule has 0 spiro atoms. The zero-order chi connectivity index (χ0) is 27.5. The summed E-state index contributed by atoms with van der Waals surface area (Å²) in [6, 6.07) is 18.5. The van der Waals surface area contributed by atoms with E-state index in [0.717, 1.165) is 11.1 Å². The lowest BCUT2D eigenvalue weighted by atomic mass is 10.1. The summed E-state index contributed by atoms with van der Waals surface area (Å²) in [6.45, 7) is 5.37. The zero-order valence-electron chi connectivity index (χ0n) is 20.9. The van der Waals surface area contributed by atoms with Crippen LogP contribution < -0.4 is 14.8 Å².